The molecule has 1 unspecified atom stereocenters. The van der Waals surface area contributed by atoms with Crippen molar-refractivity contribution < 1.29 is 8.91 Å². The number of benzene rings is 1. The minimum Gasteiger partial charge on any atom is -0.339 e. The molecular formula is C15H18FN3O. The lowest BCUT2D eigenvalue weighted by Crippen LogP contribution is -2.29. The third-order valence-corrected chi connectivity index (χ3v) is 3.74. The summed E-state index contributed by atoms with van der Waals surface area (Å²) in [5.41, 5.74) is 0.978. The van der Waals surface area contributed by atoms with Crippen LogP contribution in [-0.2, 0) is 12.8 Å². The second-order valence-electron chi connectivity index (χ2n) is 5.34. The van der Waals surface area contributed by atoms with Crippen LogP contribution in [0.15, 0.2) is 28.8 Å². The van der Waals surface area contributed by atoms with Crippen LogP contribution in [0.3, 0.4) is 0 Å². The Morgan fingerprint density at radius 3 is 2.75 bits per heavy atom. The second kappa shape index (κ2) is 5.71. The van der Waals surface area contributed by atoms with Gasteiger partial charge in [-0.1, -0.05) is 17.3 Å². The molecule has 0 saturated heterocycles. The first-order chi connectivity index (χ1) is 9.74. The predicted octanol–water partition coefficient (Wildman–Crippen LogP) is 2.34. The smallest absolute Gasteiger partial charge is 0.228 e. The molecule has 20 heavy (non-hydrogen) atoms. The summed E-state index contributed by atoms with van der Waals surface area (Å²) in [5.74, 6) is 1.84. The van der Waals surface area contributed by atoms with Crippen molar-refractivity contribution in [3.05, 3.63) is 47.4 Å². The standard InChI is InChI=1S/C15H18FN3O/c1-17-13(11-4-5-11)9-15-18-14(19-20-15)8-10-2-6-12(16)7-3-10/h2-3,6-7,11,13,17H,4-5,8-9H2,1H3. The molecule has 1 aliphatic rings. The predicted molar refractivity (Wildman–Crippen MR) is 72.8 cm³/mol. The van der Waals surface area contributed by atoms with Crippen LogP contribution in [0.2, 0.25) is 0 Å². The molecule has 0 radical (unpaired) electrons. The van der Waals surface area contributed by atoms with Crippen LogP contribution in [0.25, 0.3) is 0 Å². The summed E-state index contributed by atoms with van der Waals surface area (Å²) in [6, 6.07) is 6.80. The molecule has 1 atom stereocenters. The van der Waals surface area contributed by atoms with Gasteiger partial charge in [0.1, 0.15) is 5.82 Å². The van der Waals surface area contributed by atoms with Crippen LogP contribution in [0, 0.1) is 11.7 Å². The van der Waals surface area contributed by atoms with Crippen LogP contribution in [0.5, 0.6) is 0 Å². The Morgan fingerprint density at radius 1 is 1.35 bits per heavy atom. The fourth-order valence-corrected chi connectivity index (χ4v) is 2.42. The van der Waals surface area contributed by atoms with Crippen molar-refractivity contribution in [3.8, 4) is 0 Å². The fraction of sp³-hybridized carbons (Fsp3) is 0.467. The molecule has 1 fully saturated rings. The lowest BCUT2D eigenvalue weighted by Gasteiger charge is -2.11. The summed E-state index contributed by atoms with van der Waals surface area (Å²) in [7, 11) is 1.97. The Hall–Kier alpha value is -1.75. The molecule has 106 valence electrons. The molecule has 1 aromatic carbocycles. The monoisotopic (exact) mass is 275 g/mol. The van der Waals surface area contributed by atoms with E-state index in [2.05, 4.69) is 15.5 Å². The molecule has 2 aromatic rings. The third kappa shape index (κ3) is 3.22. The molecule has 1 saturated carbocycles. The molecule has 1 N–H and O–H groups in total. The Kier molecular flexibility index (Phi) is 3.78. The number of likely N-dealkylation sites (N-methyl/N-ethyl adjacent to an activating group) is 1. The number of aromatic nitrogens is 2. The van der Waals surface area contributed by atoms with Gasteiger partial charge >= 0.3 is 0 Å². The zero-order chi connectivity index (χ0) is 13.9. The van der Waals surface area contributed by atoms with Crippen LogP contribution < -0.4 is 5.32 Å². The first-order valence-electron chi connectivity index (χ1n) is 6.98. The molecule has 0 amide bonds. The number of hydrogen-bond donors (Lipinski definition) is 1. The summed E-state index contributed by atoms with van der Waals surface area (Å²) in [4.78, 5) is 4.41. The van der Waals surface area contributed by atoms with Gasteiger partial charge in [-0.05, 0) is 43.5 Å². The van der Waals surface area contributed by atoms with Crippen molar-refractivity contribution in [2.45, 2.75) is 31.7 Å². The quantitative estimate of drug-likeness (QED) is 0.879. The van der Waals surface area contributed by atoms with Crippen molar-refractivity contribution in [2.24, 2.45) is 5.92 Å². The fourth-order valence-electron chi connectivity index (χ4n) is 2.42. The Morgan fingerprint density at radius 2 is 2.10 bits per heavy atom. The Balaban J connectivity index is 1.62. The van der Waals surface area contributed by atoms with Gasteiger partial charge in [-0.15, -0.1) is 0 Å². The highest BCUT2D eigenvalue weighted by Crippen LogP contribution is 2.33. The first-order valence-corrected chi connectivity index (χ1v) is 6.98. The molecule has 4 nitrogen and oxygen atoms in total. The lowest BCUT2D eigenvalue weighted by molar-refractivity contribution is 0.349. The van der Waals surface area contributed by atoms with E-state index in [4.69, 9.17) is 4.52 Å². The van der Waals surface area contributed by atoms with Gasteiger partial charge in [-0.25, -0.2) is 4.39 Å². The van der Waals surface area contributed by atoms with Gasteiger partial charge in [0, 0.05) is 18.9 Å². The SMILES string of the molecule is CNC(Cc1nc(Cc2ccc(F)cc2)no1)C1CC1. The van der Waals surface area contributed by atoms with Crippen molar-refractivity contribution >= 4 is 0 Å². The van der Waals surface area contributed by atoms with Crippen molar-refractivity contribution in [2.75, 3.05) is 7.05 Å². The number of nitrogens with zero attached hydrogens (tertiary/aromatic N) is 2. The molecule has 0 aliphatic heterocycles. The van der Waals surface area contributed by atoms with Gasteiger partial charge in [-0.3, -0.25) is 0 Å². The number of hydrogen-bond acceptors (Lipinski definition) is 4. The van der Waals surface area contributed by atoms with E-state index in [1.54, 1.807) is 12.1 Å². The average molecular weight is 275 g/mol. The minimum absolute atomic E-state index is 0.233. The zero-order valence-corrected chi connectivity index (χ0v) is 11.5. The van der Waals surface area contributed by atoms with Crippen LogP contribution in [0.1, 0.15) is 30.1 Å². The zero-order valence-electron chi connectivity index (χ0n) is 11.5. The van der Waals surface area contributed by atoms with E-state index in [-0.39, 0.29) is 5.82 Å². The van der Waals surface area contributed by atoms with E-state index in [0.29, 0.717) is 24.2 Å². The highest BCUT2D eigenvalue weighted by molar-refractivity contribution is 5.19. The van der Waals surface area contributed by atoms with Gasteiger partial charge in [0.05, 0.1) is 0 Å². The van der Waals surface area contributed by atoms with Gasteiger partial charge < -0.3 is 9.84 Å². The maximum Gasteiger partial charge on any atom is 0.228 e. The maximum absolute atomic E-state index is 12.8. The normalized spacial score (nSPS) is 16.3. The van der Waals surface area contributed by atoms with Crippen LogP contribution >= 0.6 is 0 Å². The van der Waals surface area contributed by atoms with E-state index in [1.165, 1.54) is 25.0 Å². The van der Waals surface area contributed by atoms with Crippen molar-refractivity contribution in [1.82, 2.24) is 15.5 Å². The largest absolute Gasteiger partial charge is 0.339 e. The Labute approximate surface area is 117 Å². The summed E-state index contributed by atoms with van der Waals surface area (Å²) in [5, 5.41) is 7.30. The van der Waals surface area contributed by atoms with Crippen LogP contribution in [0.4, 0.5) is 4.39 Å². The second-order valence-corrected chi connectivity index (χ2v) is 5.34. The van der Waals surface area contributed by atoms with E-state index in [9.17, 15) is 4.39 Å². The molecule has 5 heteroatoms. The topological polar surface area (TPSA) is 51.0 Å². The third-order valence-electron chi connectivity index (χ3n) is 3.74. The van der Waals surface area contributed by atoms with E-state index >= 15 is 0 Å². The molecule has 0 spiro atoms. The Bertz CT molecular complexity index is 563. The number of rotatable bonds is 6. The maximum atomic E-state index is 12.8. The summed E-state index contributed by atoms with van der Waals surface area (Å²) < 4.78 is 18.1. The molecule has 1 heterocycles. The van der Waals surface area contributed by atoms with Crippen molar-refractivity contribution in [3.63, 3.8) is 0 Å². The van der Waals surface area contributed by atoms with E-state index in [0.717, 1.165) is 17.9 Å². The number of nitrogens with one attached hydrogen (secondary N) is 1. The summed E-state index contributed by atoms with van der Waals surface area (Å²) >= 11 is 0. The van der Waals surface area contributed by atoms with Crippen LogP contribution in [-0.4, -0.2) is 23.2 Å². The molecule has 3 rings (SSSR count). The average Bonchev–Trinajstić information content (AvgIpc) is 3.20. The molecule has 1 aromatic heterocycles. The minimum atomic E-state index is -0.233. The summed E-state index contributed by atoms with van der Waals surface area (Å²) in [6.45, 7) is 0. The van der Waals surface area contributed by atoms with Gasteiger partial charge in [0.15, 0.2) is 5.82 Å². The van der Waals surface area contributed by atoms with E-state index < -0.39 is 0 Å². The highest BCUT2D eigenvalue weighted by atomic mass is 19.1. The van der Waals surface area contributed by atoms with E-state index in [1.807, 2.05) is 7.05 Å². The van der Waals surface area contributed by atoms with Crippen molar-refractivity contribution in [1.29, 1.82) is 0 Å². The first kappa shape index (κ1) is 13.2. The molecule has 0 bridgehead atoms. The number of halogens is 1. The summed E-state index contributed by atoms with van der Waals surface area (Å²) in [6.07, 6.45) is 3.90. The molecular weight excluding hydrogens is 257 g/mol. The highest BCUT2D eigenvalue weighted by Gasteiger charge is 2.31. The van der Waals surface area contributed by atoms with Gasteiger partial charge in [-0.2, -0.15) is 4.98 Å². The molecule has 1 aliphatic carbocycles. The van der Waals surface area contributed by atoms with Gasteiger partial charge in [0.25, 0.3) is 0 Å². The lowest BCUT2D eigenvalue weighted by atomic mass is 10.1. The van der Waals surface area contributed by atoms with Gasteiger partial charge in [0.2, 0.25) is 5.89 Å².